The fraction of sp³-hybridized carbons (Fsp3) is 1.00. The maximum Gasteiger partial charge on any atom is 0.0605 e. The second kappa shape index (κ2) is 15.8. The van der Waals surface area contributed by atoms with E-state index in [9.17, 15) is 0 Å². The summed E-state index contributed by atoms with van der Waals surface area (Å²) in [6.45, 7) is 11.7. The predicted octanol–water partition coefficient (Wildman–Crippen LogP) is 7.46. The number of unbranched alkanes of at least 4 members (excludes halogenated alkanes) is 6. The zero-order chi connectivity index (χ0) is 19.9. The smallest absolute Gasteiger partial charge is 0.0605 e. The molecule has 2 heteroatoms. The van der Waals surface area contributed by atoms with Crippen molar-refractivity contribution < 1.29 is 4.74 Å². The minimum absolute atomic E-state index is 0.539. The molecule has 1 rings (SSSR count). The summed E-state index contributed by atoms with van der Waals surface area (Å²) >= 11 is 0. The van der Waals surface area contributed by atoms with Gasteiger partial charge in [0.1, 0.15) is 0 Å². The minimum atomic E-state index is 0.539. The van der Waals surface area contributed by atoms with Crippen LogP contribution in [0.1, 0.15) is 118 Å². The summed E-state index contributed by atoms with van der Waals surface area (Å²) in [6.07, 6.45) is 19.6. The van der Waals surface area contributed by atoms with E-state index < -0.39 is 0 Å². The summed E-state index contributed by atoms with van der Waals surface area (Å²) in [5.74, 6) is 1.72. The monoisotopic (exact) mass is 381 g/mol. The first-order valence-electron chi connectivity index (χ1n) is 12.4. The average Bonchev–Trinajstić information content (AvgIpc) is 2.60. The van der Waals surface area contributed by atoms with Crippen molar-refractivity contribution in [2.75, 3.05) is 20.2 Å². The largest absolute Gasteiger partial charge is 0.378 e. The van der Waals surface area contributed by atoms with E-state index >= 15 is 0 Å². The number of hydrogen-bond donors (Lipinski definition) is 0. The van der Waals surface area contributed by atoms with Gasteiger partial charge in [-0.1, -0.05) is 85.5 Å². The molecule has 2 atom stereocenters. The molecule has 0 bridgehead atoms. The molecule has 2 nitrogen and oxygen atoms in total. The van der Waals surface area contributed by atoms with Crippen LogP contribution in [0.15, 0.2) is 0 Å². The van der Waals surface area contributed by atoms with Gasteiger partial charge in [0.2, 0.25) is 0 Å². The maximum atomic E-state index is 6.12. The molecule has 0 spiro atoms. The molecule has 1 aliphatic carbocycles. The van der Waals surface area contributed by atoms with E-state index in [1.54, 1.807) is 0 Å². The predicted molar refractivity (Wildman–Crippen MR) is 120 cm³/mol. The lowest BCUT2D eigenvalue weighted by molar-refractivity contribution is -0.0491. The first-order valence-corrected chi connectivity index (χ1v) is 12.4. The molecule has 2 unspecified atom stereocenters. The van der Waals surface area contributed by atoms with Crippen LogP contribution in [-0.4, -0.2) is 37.2 Å². The van der Waals surface area contributed by atoms with E-state index in [0.29, 0.717) is 6.10 Å². The van der Waals surface area contributed by atoms with Gasteiger partial charge in [0.25, 0.3) is 0 Å². The number of hydrogen-bond acceptors (Lipinski definition) is 2. The van der Waals surface area contributed by atoms with Crippen LogP contribution >= 0.6 is 0 Å². The Morgan fingerprint density at radius 2 is 1.33 bits per heavy atom. The molecule has 0 aromatic heterocycles. The Labute approximate surface area is 171 Å². The molecule has 162 valence electrons. The molecule has 0 radical (unpaired) electrons. The van der Waals surface area contributed by atoms with Gasteiger partial charge in [-0.25, -0.2) is 0 Å². The number of ether oxygens (including phenoxy) is 1. The van der Waals surface area contributed by atoms with E-state index in [4.69, 9.17) is 4.74 Å². The zero-order valence-corrected chi connectivity index (χ0v) is 19.5. The molecule has 0 amide bonds. The topological polar surface area (TPSA) is 12.5 Å². The van der Waals surface area contributed by atoms with Crippen LogP contribution in [0.3, 0.4) is 0 Å². The highest BCUT2D eigenvalue weighted by atomic mass is 16.5. The van der Waals surface area contributed by atoms with Crippen LogP contribution in [0.2, 0.25) is 0 Å². The van der Waals surface area contributed by atoms with E-state index in [1.165, 1.54) is 96.4 Å². The molecule has 0 heterocycles. The van der Waals surface area contributed by atoms with Gasteiger partial charge in [0.15, 0.2) is 0 Å². The van der Waals surface area contributed by atoms with Crippen LogP contribution in [0.5, 0.6) is 0 Å². The van der Waals surface area contributed by atoms with Crippen molar-refractivity contribution in [1.29, 1.82) is 0 Å². The van der Waals surface area contributed by atoms with E-state index in [-0.39, 0.29) is 0 Å². The van der Waals surface area contributed by atoms with Gasteiger partial charge in [-0.05, 0) is 51.0 Å². The van der Waals surface area contributed by atoms with E-state index in [2.05, 4.69) is 39.6 Å². The highest BCUT2D eigenvalue weighted by Crippen LogP contribution is 2.29. The zero-order valence-electron chi connectivity index (χ0n) is 19.5. The molecule has 1 aliphatic rings. The van der Waals surface area contributed by atoms with Crippen molar-refractivity contribution in [3.8, 4) is 0 Å². The highest BCUT2D eigenvalue weighted by molar-refractivity contribution is 4.87. The van der Waals surface area contributed by atoms with Crippen molar-refractivity contribution in [3.63, 3.8) is 0 Å². The van der Waals surface area contributed by atoms with Gasteiger partial charge < -0.3 is 9.64 Å². The van der Waals surface area contributed by atoms with Gasteiger partial charge in [-0.15, -0.1) is 0 Å². The third-order valence-corrected chi connectivity index (χ3v) is 6.59. The first kappa shape index (κ1) is 25.0. The van der Waals surface area contributed by atoms with Crippen molar-refractivity contribution in [2.24, 2.45) is 11.8 Å². The molecule has 0 aromatic rings. The Kier molecular flexibility index (Phi) is 14.6. The normalized spacial score (nSPS) is 22.0. The summed E-state index contributed by atoms with van der Waals surface area (Å²) in [6, 6.07) is 0.769. The number of nitrogens with zero attached hydrogens (tertiary/aromatic N) is 1. The Morgan fingerprint density at radius 1 is 0.778 bits per heavy atom. The van der Waals surface area contributed by atoms with Crippen LogP contribution in [0.25, 0.3) is 0 Å². The van der Waals surface area contributed by atoms with E-state index in [1.807, 2.05) is 0 Å². The molecule has 0 N–H and O–H groups in total. The maximum absolute atomic E-state index is 6.12. The highest BCUT2D eigenvalue weighted by Gasteiger charge is 2.32. The molecule has 0 aromatic carbocycles. The van der Waals surface area contributed by atoms with Gasteiger partial charge in [-0.2, -0.15) is 0 Å². The molecule has 0 saturated heterocycles. The lowest BCUT2D eigenvalue weighted by Crippen LogP contribution is -2.47. The average molecular weight is 382 g/mol. The Hall–Kier alpha value is -0.0800. The minimum Gasteiger partial charge on any atom is -0.378 e. The van der Waals surface area contributed by atoms with Crippen molar-refractivity contribution in [1.82, 2.24) is 4.90 Å². The Balaban J connectivity index is 1.96. The van der Waals surface area contributed by atoms with Gasteiger partial charge >= 0.3 is 0 Å². The SMILES string of the molecule is CCCCCCC(C)CCCOC1CC(N(C)CC(C)CCCCCC)C1. The quantitative estimate of drug-likeness (QED) is 0.228. The van der Waals surface area contributed by atoms with Gasteiger partial charge in [0.05, 0.1) is 6.10 Å². The third kappa shape index (κ3) is 12.2. The van der Waals surface area contributed by atoms with Crippen LogP contribution in [0.4, 0.5) is 0 Å². The molecular weight excluding hydrogens is 330 g/mol. The molecule has 1 saturated carbocycles. The second-order valence-corrected chi connectivity index (χ2v) is 9.61. The summed E-state index contributed by atoms with van der Waals surface area (Å²) in [4.78, 5) is 2.60. The van der Waals surface area contributed by atoms with Crippen molar-refractivity contribution in [2.45, 2.75) is 130 Å². The fourth-order valence-corrected chi connectivity index (χ4v) is 4.43. The first-order chi connectivity index (χ1) is 13.1. The number of rotatable bonds is 18. The lowest BCUT2D eigenvalue weighted by atomic mass is 9.87. The van der Waals surface area contributed by atoms with Gasteiger partial charge in [-0.3, -0.25) is 0 Å². The fourth-order valence-electron chi connectivity index (χ4n) is 4.43. The summed E-state index contributed by atoms with van der Waals surface area (Å²) in [7, 11) is 2.32. The second-order valence-electron chi connectivity index (χ2n) is 9.61. The van der Waals surface area contributed by atoms with Crippen molar-refractivity contribution in [3.05, 3.63) is 0 Å². The summed E-state index contributed by atoms with van der Waals surface area (Å²) in [5, 5.41) is 0. The van der Waals surface area contributed by atoms with Crippen molar-refractivity contribution >= 4 is 0 Å². The van der Waals surface area contributed by atoms with E-state index in [0.717, 1.165) is 24.5 Å². The van der Waals surface area contributed by atoms with Gasteiger partial charge in [0, 0.05) is 19.2 Å². The lowest BCUT2D eigenvalue weighted by Gasteiger charge is -2.42. The van der Waals surface area contributed by atoms with Crippen LogP contribution < -0.4 is 0 Å². The molecule has 27 heavy (non-hydrogen) atoms. The van der Waals surface area contributed by atoms with Crippen LogP contribution in [0, 0.1) is 11.8 Å². The standard InChI is InChI=1S/C25H51NO/c1-6-8-10-12-15-22(3)17-14-18-27-25-19-24(20-25)26(5)21-23(4)16-13-11-9-7-2/h22-25H,6-21H2,1-5H3. The summed E-state index contributed by atoms with van der Waals surface area (Å²) < 4.78 is 6.12. The molecular formula is C25H51NO. The molecule has 1 fully saturated rings. The molecule has 0 aliphatic heterocycles. The summed E-state index contributed by atoms with van der Waals surface area (Å²) in [5.41, 5.74) is 0. The third-order valence-electron chi connectivity index (χ3n) is 6.59. The Morgan fingerprint density at radius 3 is 1.93 bits per heavy atom. The van der Waals surface area contributed by atoms with Crippen LogP contribution in [-0.2, 0) is 4.74 Å². The Bertz CT molecular complexity index is 326.